The summed E-state index contributed by atoms with van der Waals surface area (Å²) in [7, 11) is 2.74. The van der Waals surface area contributed by atoms with Crippen molar-refractivity contribution in [2.75, 3.05) is 14.2 Å². The summed E-state index contributed by atoms with van der Waals surface area (Å²) in [6, 6.07) is 13.7. The molecule has 27 heavy (non-hydrogen) atoms. The van der Waals surface area contributed by atoms with E-state index in [0.717, 1.165) is 0 Å². The number of benzene rings is 1. The maximum atomic E-state index is 13.0. The Morgan fingerprint density at radius 3 is 2.48 bits per heavy atom. The minimum absolute atomic E-state index is 0.298. The number of amides is 1. The summed E-state index contributed by atoms with van der Waals surface area (Å²) < 4.78 is 10.6. The van der Waals surface area contributed by atoms with Gasteiger partial charge in [0.05, 0.1) is 18.4 Å². The molecule has 2 rings (SSSR count). The molecule has 140 valence electrons. The van der Waals surface area contributed by atoms with E-state index in [1.165, 1.54) is 25.3 Å². The number of methoxy groups -OCH3 is 1. The van der Waals surface area contributed by atoms with Gasteiger partial charge in [-0.3, -0.25) is 9.78 Å². The molecule has 0 bridgehead atoms. The van der Waals surface area contributed by atoms with Crippen LogP contribution in [0, 0.1) is 11.3 Å². The maximum Gasteiger partial charge on any atom is 0.337 e. The van der Waals surface area contributed by atoms with Crippen LogP contribution in [0.1, 0.15) is 25.1 Å². The van der Waals surface area contributed by atoms with Gasteiger partial charge in [0.15, 0.2) is 11.6 Å². The summed E-state index contributed by atoms with van der Waals surface area (Å²) >= 11 is 0. The normalized spacial score (nSPS) is 13.6. The fourth-order valence-electron chi connectivity index (χ4n) is 2.66. The Morgan fingerprint density at radius 2 is 1.89 bits per heavy atom. The van der Waals surface area contributed by atoms with Gasteiger partial charge in [0.1, 0.15) is 11.8 Å². The zero-order valence-electron chi connectivity index (χ0n) is 15.7. The van der Waals surface area contributed by atoms with Crippen molar-refractivity contribution in [1.82, 2.24) is 9.88 Å². The number of hydrogen-bond donors (Lipinski definition) is 0. The van der Waals surface area contributed by atoms with Crippen molar-refractivity contribution in [3.05, 3.63) is 59.9 Å². The quantitative estimate of drug-likeness (QED) is 0.727. The first-order valence-corrected chi connectivity index (χ1v) is 8.29. The highest BCUT2D eigenvalue weighted by atomic mass is 16.5. The lowest BCUT2D eigenvalue weighted by molar-refractivity contribution is -0.163. The smallest absolute Gasteiger partial charge is 0.337 e. The fourth-order valence-corrected chi connectivity index (χ4v) is 2.66. The standard InChI is InChI=1S/C20H21N3O4/c1-14(27-16-10-6-5-9-15(16)13-21)18(24)23(3)20(2,19(25)26-4)17-11-7-8-12-22-17/h5-12,14H,1-4H3/t14-,20+/m0/s1. The fraction of sp³-hybridized carbons (Fsp3) is 0.300. The van der Waals surface area contributed by atoms with Crippen LogP contribution < -0.4 is 4.74 Å². The van der Waals surface area contributed by atoms with Crippen LogP contribution in [0.3, 0.4) is 0 Å². The van der Waals surface area contributed by atoms with E-state index in [-0.39, 0.29) is 0 Å². The highest BCUT2D eigenvalue weighted by Crippen LogP contribution is 2.28. The number of nitriles is 1. The number of rotatable bonds is 6. The number of carbonyl (C=O) groups is 2. The molecule has 0 fully saturated rings. The Morgan fingerprint density at radius 1 is 1.22 bits per heavy atom. The SMILES string of the molecule is COC(=O)[C@@](C)(c1ccccn1)N(C)C(=O)[C@H](C)Oc1ccccc1C#N. The number of esters is 1. The van der Waals surface area contributed by atoms with Crippen molar-refractivity contribution in [1.29, 1.82) is 5.26 Å². The summed E-state index contributed by atoms with van der Waals surface area (Å²) in [5, 5.41) is 9.17. The second kappa shape index (κ2) is 8.32. The molecule has 0 unspecified atom stereocenters. The summed E-state index contributed by atoms with van der Waals surface area (Å²) in [4.78, 5) is 31.0. The van der Waals surface area contributed by atoms with Gasteiger partial charge in [-0.1, -0.05) is 18.2 Å². The summed E-state index contributed by atoms with van der Waals surface area (Å²) in [5.74, 6) is -0.783. The van der Waals surface area contributed by atoms with Crippen LogP contribution >= 0.6 is 0 Å². The van der Waals surface area contributed by atoms with Crippen molar-refractivity contribution in [2.45, 2.75) is 25.5 Å². The molecule has 0 aliphatic rings. The average Bonchev–Trinajstić information content (AvgIpc) is 2.72. The summed E-state index contributed by atoms with van der Waals surface area (Å²) in [6.45, 7) is 3.12. The van der Waals surface area contributed by atoms with Gasteiger partial charge in [0, 0.05) is 13.2 Å². The number of ether oxygens (including phenoxy) is 2. The zero-order valence-corrected chi connectivity index (χ0v) is 15.7. The topological polar surface area (TPSA) is 92.5 Å². The van der Waals surface area contributed by atoms with Gasteiger partial charge in [0.25, 0.3) is 5.91 Å². The van der Waals surface area contributed by atoms with Crippen molar-refractivity contribution in [2.24, 2.45) is 0 Å². The van der Waals surface area contributed by atoms with Crippen molar-refractivity contribution in [3.63, 3.8) is 0 Å². The minimum atomic E-state index is -1.43. The number of para-hydroxylation sites is 1. The lowest BCUT2D eigenvalue weighted by Crippen LogP contribution is -2.54. The third-order valence-corrected chi connectivity index (χ3v) is 4.41. The molecule has 0 N–H and O–H groups in total. The van der Waals surface area contributed by atoms with Gasteiger partial charge < -0.3 is 14.4 Å². The van der Waals surface area contributed by atoms with Gasteiger partial charge in [0.2, 0.25) is 0 Å². The van der Waals surface area contributed by atoms with Gasteiger partial charge >= 0.3 is 5.97 Å². The van der Waals surface area contributed by atoms with E-state index in [0.29, 0.717) is 17.0 Å². The van der Waals surface area contributed by atoms with E-state index < -0.39 is 23.5 Å². The van der Waals surface area contributed by atoms with Gasteiger partial charge in [-0.2, -0.15) is 5.26 Å². The lowest BCUT2D eigenvalue weighted by Gasteiger charge is -2.36. The number of pyridine rings is 1. The Bertz CT molecular complexity index is 863. The Kier molecular flexibility index (Phi) is 6.14. The second-order valence-electron chi connectivity index (χ2n) is 6.04. The van der Waals surface area contributed by atoms with Crippen LogP contribution in [0.25, 0.3) is 0 Å². The molecule has 1 aromatic heterocycles. The van der Waals surface area contributed by atoms with Gasteiger partial charge in [-0.15, -0.1) is 0 Å². The second-order valence-corrected chi connectivity index (χ2v) is 6.04. The van der Waals surface area contributed by atoms with E-state index in [9.17, 15) is 9.59 Å². The molecule has 1 aromatic carbocycles. The van der Waals surface area contributed by atoms with E-state index in [2.05, 4.69) is 4.98 Å². The van der Waals surface area contributed by atoms with Crippen molar-refractivity contribution < 1.29 is 19.1 Å². The Balaban J connectivity index is 2.32. The first-order valence-electron chi connectivity index (χ1n) is 8.29. The predicted octanol–water partition coefficient (Wildman–Crippen LogP) is 2.27. The Hall–Kier alpha value is -3.40. The molecule has 0 aliphatic heterocycles. The van der Waals surface area contributed by atoms with Crippen LogP contribution in [-0.2, 0) is 19.9 Å². The molecule has 0 saturated carbocycles. The van der Waals surface area contributed by atoms with E-state index >= 15 is 0 Å². The molecule has 1 heterocycles. The number of nitrogens with zero attached hydrogens (tertiary/aromatic N) is 3. The molecule has 0 radical (unpaired) electrons. The number of likely N-dealkylation sites (N-methyl/N-ethyl adjacent to an activating group) is 1. The highest BCUT2D eigenvalue weighted by Gasteiger charge is 2.45. The molecular formula is C20H21N3O4. The number of aromatic nitrogens is 1. The van der Waals surface area contributed by atoms with Crippen LogP contribution in [0.2, 0.25) is 0 Å². The minimum Gasteiger partial charge on any atom is -0.480 e. The van der Waals surface area contributed by atoms with Gasteiger partial charge in [-0.25, -0.2) is 4.79 Å². The zero-order chi connectivity index (χ0) is 20.0. The summed E-state index contributed by atoms with van der Waals surface area (Å²) in [6.07, 6.45) is 0.606. The monoisotopic (exact) mass is 367 g/mol. The molecule has 2 aromatic rings. The van der Waals surface area contributed by atoms with Crippen LogP contribution in [0.15, 0.2) is 48.7 Å². The highest BCUT2D eigenvalue weighted by molar-refractivity contribution is 5.90. The third-order valence-electron chi connectivity index (χ3n) is 4.41. The first-order chi connectivity index (χ1) is 12.9. The van der Waals surface area contributed by atoms with Gasteiger partial charge in [-0.05, 0) is 38.1 Å². The molecule has 2 atom stereocenters. The van der Waals surface area contributed by atoms with Crippen LogP contribution in [0.4, 0.5) is 0 Å². The molecule has 0 spiro atoms. The summed E-state index contributed by atoms with van der Waals surface area (Å²) in [5.41, 5.74) is -0.739. The largest absolute Gasteiger partial charge is 0.480 e. The van der Waals surface area contributed by atoms with E-state index in [1.807, 2.05) is 6.07 Å². The van der Waals surface area contributed by atoms with E-state index in [4.69, 9.17) is 14.7 Å². The Labute approximate surface area is 158 Å². The molecule has 1 amide bonds. The van der Waals surface area contributed by atoms with Crippen molar-refractivity contribution in [3.8, 4) is 11.8 Å². The molecule has 7 heteroatoms. The average molecular weight is 367 g/mol. The molecule has 0 saturated heterocycles. The predicted molar refractivity (Wildman–Crippen MR) is 97.6 cm³/mol. The number of carbonyl (C=O) groups excluding carboxylic acids is 2. The molecule has 7 nitrogen and oxygen atoms in total. The molecular weight excluding hydrogens is 346 g/mol. The van der Waals surface area contributed by atoms with E-state index in [1.54, 1.807) is 56.3 Å². The first kappa shape index (κ1) is 19.9. The van der Waals surface area contributed by atoms with Crippen LogP contribution in [0.5, 0.6) is 5.75 Å². The maximum absolute atomic E-state index is 13.0. The van der Waals surface area contributed by atoms with Crippen LogP contribution in [-0.4, -0.2) is 42.0 Å². The van der Waals surface area contributed by atoms with Crippen molar-refractivity contribution >= 4 is 11.9 Å². The lowest BCUT2D eigenvalue weighted by atomic mass is 9.94. The molecule has 0 aliphatic carbocycles. The third kappa shape index (κ3) is 3.90. The number of hydrogen-bond acceptors (Lipinski definition) is 6.